The maximum atomic E-state index is 12.8. The van der Waals surface area contributed by atoms with Crippen LogP contribution in [-0.4, -0.2) is 87.4 Å². The highest BCUT2D eigenvalue weighted by molar-refractivity contribution is 6.33. The molecule has 1 atom stereocenters. The van der Waals surface area contributed by atoms with Crippen LogP contribution in [0, 0.1) is 5.92 Å². The molecule has 0 spiro atoms. The average molecular weight is 468 g/mol. The van der Waals surface area contributed by atoms with Crippen molar-refractivity contribution in [1.82, 2.24) is 20.4 Å². The molecule has 4 N–H and O–H groups in total. The standard InChI is InChI=1S/C22H34ClN5O4/c1-3-31-20-11-19(24)18(23)10-17(20)21(29)26-12-16-14-27(8-9-32-16)13-15-4-6-28(7-5-15)22(30)25-2/h10-11,15-16H,3-9,12-14,24H2,1-2H3,(H,25,30)(H,26,29). The Morgan fingerprint density at radius 1 is 1.28 bits per heavy atom. The Labute approximate surface area is 194 Å². The van der Waals surface area contributed by atoms with Crippen molar-refractivity contribution in [1.29, 1.82) is 0 Å². The van der Waals surface area contributed by atoms with Crippen molar-refractivity contribution >= 4 is 29.2 Å². The smallest absolute Gasteiger partial charge is 0.317 e. The van der Waals surface area contributed by atoms with E-state index in [-0.39, 0.29) is 18.0 Å². The van der Waals surface area contributed by atoms with Gasteiger partial charge in [0.25, 0.3) is 5.91 Å². The van der Waals surface area contributed by atoms with Crippen LogP contribution in [-0.2, 0) is 4.74 Å². The molecular weight excluding hydrogens is 434 g/mol. The molecule has 32 heavy (non-hydrogen) atoms. The van der Waals surface area contributed by atoms with Crippen LogP contribution in [0.1, 0.15) is 30.1 Å². The van der Waals surface area contributed by atoms with Gasteiger partial charge in [-0.1, -0.05) is 11.6 Å². The number of piperidine rings is 1. The van der Waals surface area contributed by atoms with Gasteiger partial charge in [0, 0.05) is 52.4 Å². The molecule has 0 saturated carbocycles. The number of carbonyl (C=O) groups is 2. The summed E-state index contributed by atoms with van der Waals surface area (Å²) in [7, 11) is 1.67. The predicted molar refractivity (Wildman–Crippen MR) is 124 cm³/mol. The number of nitrogens with zero attached hydrogens (tertiary/aromatic N) is 2. The Kier molecular flexibility index (Phi) is 8.84. The van der Waals surface area contributed by atoms with E-state index in [2.05, 4.69) is 15.5 Å². The molecule has 9 nitrogen and oxygen atoms in total. The third kappa shape index (κ3) is 6.40. The number of nitrogens with two attached hydrogens (primary N) is 1. The third-order valence-electron chi connectivity index (χ3n) is 5.99. The number of hydrogen-bond donors (Lipinski definition) is 3. The summed E-state index contributed by atoms with van der Waals surface area (Å²) >= 11 is 6.11. The number of amides is 3. The Morgan fingerprint density at radius 2 is 2.03 bits per heavy atom. The highest BCUT2D eigenvalue weighted by atomic mass is 35.5. The van der Waals surface area contributed by atoms with Crippen LogP contribution in [0.5, 0.6) is 5.75 Å². The van der Waals surface area contributed by atoms with Gasteiger partial charge in [-0.05, 0) is 31.7 Å². The number of halogens is 1. The van der Waals surface area contributed by atoms with Gasteiger partial charge in [0.2, 0.25) is 0 Å². The number of likely N-dealkylation sites (tertiary alicyclic amines) is 1. The Bertz CT molecular complexity index is 801. The van der Waals surface area contributed by atoms with Gasteiger partial charge < -0.3 is 30.7 Å². The summed E-state index contributed by atoms with van der Waals surface area (Å²) in [5, 5.41) is 5.95. The molecule has 1 aromatic carbocycles. The maximum Gasteiger partial charge on any atom is 0.317 e. The van der Waals surface area contributed by atoms with Gasteiger partial charge in [-0.2, -0.15) is 0 Å². The number of urea groups is 1. The summed E-state index contributed by atoms with van der Waals surface area (Å²) in [6.07, 6.45) is 1.92. The lowest BCUT2D eigenvalue weighted by Gasteiger charge is -2.38. The number of rotatable bonds is 7. The zero-order valence-electron chi connectivity index (χ0n) is 18.9. The quantitative estimate of drug-likeness (QED) is 0.527. The average Bonchev–Trinajstić information content (AvgIpc) is 2.80. The first-order valence-corrected chi connectivity index (χ1v) is 11.6. The SMILES string of the molecule is CCOc1cc(N)c(Cl)cc1C(=O)NCC1CN(CC2CCN(C(=O)NC)CC2)CCO1. The Morgan fingerprint density at radius 3 is 2.72 bits per heavy atom. The molecule has 3 rings (SSSR count). The monoisotopic (exact) mass is 467 g/mol. The molecule has 1 unspecified atom stereocenters. The first-order chi connectivity index (χ1) is 15.4. The first-order valence-electron chi connectivity index (χ1n) is 11.2. The molecule has 2 heterocycles. The van der Waals surface area contributed by atoms with Gasteiger partial charge in [-0.15, -0.1) is 0 Å². The lowest BCUT2D eigenvalue weighted by atomic mass is 9.96. The lowest BCUT2D eigenvalue weighted by Crippen LogP contribution is -2.50. The van der Waals surface area contributed by atoms with Gasteiger partial charge in [-0.3, -0.25) is 9.69 Å². The zero-order chi connectivity index (χ0) is 23.1. The van der Waals surface area contributed by atoms with Gasteiger partial charge in [-0.25, -0.2) is 4.79 Å². The van der Waals surface area contributed by atoms with E-state index in [1.807, 2.05) is 11.8 Å². The molecule has 0 radical (unpaired) electrons. The molecule has 0 aliphatic carbocycles. The lowest BCUT2D eigenvalue weighted by molar-refractivity contribution is -0.0330. The van der Waals surface area contributed by atoms with Crippen molar-refractivity contribution in [3.05, 3.63) is 22.7 Å². The summed E-state index contributed by atoms with van der Waals surface area (Å²) < 4.78 is 11.4. The molecule has 10 heteroatoms. The number of morpholine rings is 1. The van der Waals surface area contributed by atoms with E-state index in [0.29, 0.717) is 47.7 Å². The summed E-state index contributed by atoms with van der Waals surface area (Å²) in [4.78, 5) is 28.8. The summed E-state index contributed by atoms with van der Waals surface area (Å²) in [5.41, 5.74) is 6.58. The van der Waals surface area contributed by atoms with Crippen LogP contribution in [0.3, 0.4) is 0 Å². The first kappa shape index (κ1) is 24.4. The summed E-state index contributed by atoms with van der Waals surface area (Å²) in [6.45, 7) is 7.51. The second-order valence-electron chi connectivity index (χ2n) is 8.25. The number of anilines is 1. The van der Waals surface area contributed by atoms with E-state index in [4.69, 9.17) is 26.8 Å². The van der Waals surface area contributed by atoms with E-state index in [1.165, 1.54) is 6.07 Å². The van der Waals surface area contributed by atoms with Crippen molar-refractivity contribution < 1.29 is 19.1 Å². The maximum absolute atomic E-state index is 12.8. The van der Waals surface area contributed by atoms with Crippen molar-refractivity contribution in [3.63, 3.8) is 0 Å². The molecule has 2 aliphatic rings. The minimum Gasteiger partial charge on any atom is -0.493 e. The highest BCUT2D eigenvalue weighted by Crippen LogP contribution is 2.29. The molecule has 3 amide bonds. The van der Waals surface area contributed by atoms with Crippen LogP contribution in [0.4, 0.5) is 10.5 Å². The largest absolute Gasteiger partial charge is 0.493 e. The second kappa shape index (κ2) is 11.6. The number of ether oxygens (including phenoxy) is 2. The van der Waals surface area contributed by atoms with E-state index >= 15 is 0 Å². The van der Waals surface area contributed by atoms with E-state index in [1.54, 1.807) is 13.1 Å². The van der Waals surface area contributed by atoms with Crippen molar-refractivity contribution in [2.45, 2.75) is 25.9 Å². The molecule has 2 aliphatic heterocycles. The number of nitrogen functional groups attached to an aromatic ring is 1. The van der Waals surface area contributed by atoms with Crippen molar-refractivity contribution in [3.8, 4) is 5.75 Å². The van der Waals surface area contributed by atoms with Crippen LogP contribution >= 0.6 is 11.6 Å². The minimum absolute atomic E-state index is 0.000474. The number of hydrogen-bond acceptors (Lipinski definition) is 6. The van der Waals surface area contributed by atoms with E-state index in [9.17, 15) is 9.59 Å². The van der Waals surface area contributed by atoms with Crippen LogP contribution < -0.4 is 21.1 Å². The van der Waals surface area contributed by atoms with E-state index in [0.717, 1.165) is 45.6 Å². The molecule has 178 valence electrons. The highest BCUT2D eigenvalue weighted by Gasteiger charge is 2.27. The minimum atomic E-state index is -0.266. The molecule has 1 aromatic rings. The molecular formula is C22H34ClN5O4. The second-order valence-corrected chi connectivity index (χ2v) is 8.66. The van der Waals surface area contributed by atoms with Crippen LogP contribution in [0.25, 0.3) is 0 Å². The zero-order valence-corrected chi connectivity index (χ0v) is 19.6. The van der Waals surface area contributed by atoms with Crippen molar-refractivity contribution in [2.75, 3.05) is 65.3 Å². The molecule has 2 fully saturated rings. The Hall–Kier alpha value is -2.23. The fourth-order valence-electron chi connectivity index (χ4n) is 4.23. The third-order valence-corrected chi connectivity index (χ3v) is 6.32. The van der Waals surface area contributed by atoms with Crippen molar-refractivity contribution in [2.24, 2.45) is 5.92 Å². The fraction of sp³-hybridized carbons (Fsp3) is 0.636. The topological polar surface area (TPSA) is 109 Å². The summed E-state index contributed by atoms with van der Waals surface area (Å²) in [6, 6.07) is 3.12. The molecule has 0 aromatic heterocycles. The number of benzene rings is 1. The van der Waals surface area contributed by atoms with Gasteiger partial charge in [0.05, 0.1) is 35.6 Å². The van der Waals surface area contributed by atoms with Crippen LogP contribution in [0.15, 0.2) is 12.1 Å². The molecule has 0 bridgehead atoms. The van der Waals surface area contributed by atoms with Gasteiger partial charge in [0.15, 0.2) is 0 Å². The normalized spacial score (nSPS) is 20.1. The predicted octanol–water partition coefficient (Wildman–Crippen LogP) is 1.80. The van der Waals surface area contributed by atoms with Gasteiger partial charge in [0.1, 0.15) is 5.75 Å². The fourth-order valence-corrected chi connectivity index (χ4v) is 4.40. The molecule has 2 saturated heterocycles. The Balaban J connectivity index is 1.48. The number of carbonyl (C=O) groups excluding carboxylic acids is 2. The number of nitrogens with one attached hydrogen (secondary N) is 2. The van der Waals surface area contributed by atoms with Gasteiger partial charge >= 0.3 is 6.03 Å². The summed E-state index contributed by atoms with van der Waals surface area (Å²) in [5.74, 6) is 0.716. The van der Waals surface area contributed by atoms with Crippen LogP contribution in [0.2, 0.25) is 5.02 Å². The van der Waals surface area contributed by atoms with E-state index < -0.39 is 0 Å².